The van der Waals surface area contributed by atoms with Crippen molar-refractivity contribution in [2.75, 3.05) is 14.1 Å². The molecule has 0 fully saturated rings. The van der Waals surface area contributed by atoms with Gasteiger partial charge >= 0.3 is 7.12 Å². The van der Waals surface area contributed by atoms with E-state index >= 15 is 0 Å². The van der Waals surface area contributed by atoms with Gasteiger partial charge in [-0.05, 0) is 32.5 Å². The van der Waals surface area contributed by atoms with E-state index in [-0.39, 0.29) is 23.1 Å². The Bertz CT molecular complexity index is 396. The first-order valence-corrected chi connectivity index (χ1v) is 5.36. The van der Waals surface area contributed by atoms with Crippen LogP contribution in [0.25, 0.3) is 0 Å². The van der Waals surface area contributed by atoms with Crippen LogP contribution in [0.4, 0.5) is 0 Å². The smallest absolute Gasteiger partial charge is 0.423 e. The Morgan fingerprint density at radius 2 is 1.94 bits per heavy atom. The van der Waals surface area contributed by atoms with Crippen LogP contribution >= 0.6 is 0 Å². The van der Waals surface area contributed by atoms with Gasteiger partial charge in [-0.3, -0.25) is 9.69 Å². The number of hydrogen-bond donors (Lipinski definition) is 3. The minimum atomic E-state index is -1.65. The predicted octanol–water partition coefficient (Wildman–Crippen LogP) is -0.996. The highest BCUT2D eigenvalue weighted by molar-refractivity contribution is 6.60. The van der Waals surface area contributed by atoms with E-state index in [1.165, 1.54) is 6.07 Å². The van der Waals surface area contributed by atoms with Crippen molar-refractivity contribution in [3.63, 3.8) is 0 Å². The molecular formula is C11H17BN2O3. The lowest BCUT2D eigenvalue weighted by Crippen LogP contribution is -2.45. The Labute approximate surface area is 101 Å². The van der Waals surface area contributed by atoms with Crippen molar-refractivity contribution in [2.24, 2.45) is 0 Å². The van der Waals surface area contributed by atoms with Crippen LogP contribution in [0.5, 0.6) is 0 Å². The molecule has 1 aromatic carbocycles. The summed E-state index contributed by atoms with van der Waals surface area (Å²) in [6.45, 7) is 1.84. The molecule has 0 heterocycles. The molecule has 0 radical (unpaired) electrons. The van der Waals surface area contributed by atoms with Crippen LogP contribution in [0.1, 0.15) is 17.3 Å². The zero-order valence-corrected chi connectivity index (χ0v) is 10.2. The van der Waals surface area contributed by atoms with Crippen molar-refractivity contribution >= 4 is 18.5 Å². The molecule has 1 atom stereocenters. The molecular weight excluding hydrogens is 219 g/mol. The van der Waals surface area contributed by atoms with E-state index in [1.54, 1.807) is 18.2 Å². The van der Waals surface area contributed by atoms with Gasteiger partial charge in [0, 0.05) is 5.56 Å². The van der Waals surface area contributed by atoms with Crippen molar-refractivity contribution in [2.45, 2.75) is 13.1 Å². The van der Waals surface area contributed by atoms with Crippen LogP contribution < -0.4 is 10.8 Å². The molecule has 0 aromatic heterocycles. The lowest BCUT2D eigenvalue weighted by Gasteiger charge is -2.21. The van der Waals surface area contributed by atoms with Gasteiger partial charge in [0.15, 0.2) is 0 Å². The second-order valence-electron chi connectivity index (χ2n) is 4.07. The molecule has 1 unspecified atom stereocenters. The van der Waals surface area contributed by atoms with Crippen molar-refractivity contribution in [3.05, 3.63) is 29.8 Å². The molecule has 0 spiro atoms. The highest BCUT2D eigenvalue weighted by Gasteiger charge is 2.20. The van der Waals surface area contributed by atoms with E-state index in [2.05, 4.69) is 5.32 Å². The third-order valence-electron chi connectivity index (χ3n) is 2.60. The van der Waals surface area contributed by atoms with Gasteiger partial charge in [0.05, 0.1) is 6.17 Å². The van der Waals surface area contributed by atoms with Crippen molar-refractivity contribution in [1.82, 2.24) is 10.2 Å². The first-order chi connectivity index (χ1) is 7.93. The number of carbonyl (C=O) groups excluding carboxylic acids is 1. The zero-order chi connectivity index (χ0) is 13.0. The van der Waals surface area contributed by atoms with Crippen LogP contribution in [0.15, 0.2) is 24.3 Å². The number of nitrogens with zero attached hydrogens (tertiary/aromatic N) is 1. The van der Waals surface area contributed by atoms with Gasteiger partial charge in [0.1, 0.15) is 0 Å². The second kappa shape index (κ2) is 5.81. The van der Waals surface area contributed by atoms with E-state index in [0.717, 1.165) is 0 Å². The summed E-state index contributed by atoms with van der Waals surface area (Å²) in [5.74, 6) is -0.324. The Morgan fingerprint density at radius 3 is 2.47 bits per heavy atom. The third-order valence-corrected chi connectivity index (χ3v) is 2.60. The second-order valence-corrected chi connectivity index (χ2v) is 4.07. The van der Waals surface area contributed by atoms with Gasteiger partial charge in [-0.2, -0.15) is 0 Å². The summed E-state index contributed by atoms with van der Waals surface area (Å²) in [7, 11) is 2.04. The fourth-order valence-corrected chi connectivity index (χ4v) is 1.33. The maximum absolute atomic E-state index is 11.9. The number of hydrogen-bond acceptors (Lipinski definition) is 4. The summed E-state index contributed by atoms with van der Waals surface area (Å²) in [6.07, 6.45) is -0.133. The quantitative estimate of drug-likeness (QED) is 0.463. The molecule has 1 amide bonds. The van der Waals surface area contributed by atoms with Gasteiger partial charge < -0.3 is 15.4 Å². The number of nitrogens with one attached hydrogen (secondary N) is 1. The molecule has 0 aliphatic heterocycles. The van der Waals surface area contributed by atoms with Gasteiger partial charge in [-0.1, -0.05) is 18.2 Å². The highest BCUT2D eigenvalue weighted by Crippen LogP contribution is 1.99. The molecule has 1 aromatic rings. The Morgan fingerprint density at radius 1 is 1.35 bits per heavy atom. The Kier molecular flexibility index (Phi) is 4.68. The standard InChI is InChI=1S/C11H17BN2O3/c1-8(14(2)3)13-11(15)9-6-4-5-7-10(9)12(16)17/h4-8,16-17H,1-3H3,(H,13,15). The Balaban J connectivity index is 2.89. The molecule has 0 aliphatic rings. The van der Waals surface area contributed by atoms with Gasteiger partial charge in [0.2, 0.25) is 0 Å². The average molecular weight is 236 g/mol. The van der Waals surface area contributed by atoms with Crippen LogP contribution in [0, 0.1) is 0 Å². The average Bonchev–Trinajstić information content (AvgIpc) is 2.28. The minimum absolute atomic E-state index is 0.133. The topological polar surface area (TPSA) is 72.8 Å². The molecule has 17 heavy (non-hydrogen) atoms. The molecule has 5 nitrogen and oxygen atoms in total. The minimum Gasteiger partial charge on any atom is -0.423 e. The summed E-state index contributed by atoms with van der Waals surface area (Å²) in [4.78, 5) is 13.8. The van der Waals surface area contributed by atoms with E-state index < -0.39 is 7.12 Å². The first-order valence-electron chi connectivity index (χ1n) is 5.36. The lowest BCUT2D eigenvalue weighted by molar-refractivity contribution is 0.0901. The molecule has 6 heteroatoms. The van der Waals surface area contributed by atoms with Gasteiger partial charge in [-0.25, -0.2) is 0 Å². The summed E-state index contributed by atoms with van der Waals surface area (Å²) in [6, 6.07) is 6.41. The summed E-state index contributed by atoms with van der Waals surface area (Å²) >= 11 is 0. The monoisotopic (exact) mass is 236 g/mol. The summed E-state index contributed by atoms with van der Waals surface area (Å²) < 4.78 is 0. The van der Waals surface area contributed by atoms with E-state index in [1.807, 2.05) is 25.9 Å². The first kappa shape index (κ1) is 13.7. The highest BCUT2D eigenvalue weighted by atomic mass is 16.4. The molecule has 0 aliphatic carbocycles. The fourth-order valence-electron chi connectivity index (χ4n) is 1.33. The van der Waals surface area contributed by atoms with E-state index in [4.69, 9.17) is 10.0 Å². The van der Waals surface area contributed by atoms with Crippen molar-refractivity contribution in [1.29, 1.82) is 0 Å². The van der Waals surface area contributed by atoms with Crippen LogP contribution in [0.2, 0.25) is 0 Å². The lowest BCUT2D eigenvalue weighted by atomic mass is 9.77. The fraction of sp³-hybridized carbons (Fsp3) is 0.364. The van der Waals surface area contributed by atoms with E-state index in [9.17, 15) is 4.79 Å². The van der Waals surface area contributed by atoms with Gasteiger partial charge in [-0.15, -0.1) is 0 Å². The Hall–Kier alpha value is -1.37. The zero-order valence-electron chi connectivity index (χ0n) is 10.2. The van der Waals surface area contributed by atoms with Gasteiger partial charge in [0.25, 0.3) is 5.91 Å². The molecule has 0 saturated heterocycles. The number of carbonyl (C=O) groups is 1. The molecule has 3 N–H and O–H groups in total. The summed E-state index contributed by atoms with van der Waals surface area (Å²) in [5, 5.41) is 21.1. The predicted molar refractivity (Wildman–Crippen MR) is 66.9 cm³/mol. The number of benzene rings is 1. The van der Waals surface area contributed by atoms with Crippen LogP contribution in [-0.4, -0.2) is 48.2 Å². The maximum atomic E-state index is 11.9. The largest absolute Gasteiger partial charge is 0.489 e. The molecule has 0 bridgehead atoms. The van der Waals surface area contributed by atoms with Crippen molar-refractivity contribution in [3.8, 4) is 0 Å². The molecule has 1 rings (SSSR count). The summed E-state index contributed by atoms with van der Waals surface area (Å²) in [5.41, 5.74) is 0.479. The number of rotatable bonds is 4. The maximum Gasteiger partial charge on any atom is 0.489 e. The SMILES string of the molecule is CC(NC(=O)c1ccccc1B(O)O)N(C)C. The molecule has 92 valence electrons. The van der Waals surface area contributed by atoms with Crippen LogP contribution in [-0.2, 0) is 0 Å². The third kappa shape index (κ3) is 3.56. The molecule has 0 saturated carbocycles. The number of amides is 1. The van der Waals surface area contributed by atoms with E-state index in [0.29, 0.717) is 0 Å². The van der Waals surface area contributed by atoms with Crippen molar-refractivity contribution < 1.29 is 14.8 Å². The van der Waals surface area contributed by atoms with Crippen LogP contribution in [0.3, 0.4) is 0 Å². The normalized spacial score (nSPS) is 12.4.